The van der Waals surface area contributed by atoms with Gasteiger partial charge in [-0.25, -0.2) is 13.8 Å². The van der Waals surface area contributed by atoms with E-state index in [-0.39, 0.29) is 0 Å². The second-order valence-corrected chi connectivity index (χ2v) is 3.05. The number of carbonyl (C=O) groups is 1. The first-order chi connectivity index (χ1) is 7.23. The van der Waals surface area contributed by atoms with Crippen LogP contribution in [-0.4, -0.2) is 10.2 Å². The molecule has 0 radical (unpaired) electrons. The highest BCUT2D eigenvalue weighted by Crippen LogP contribution is 2.33. The van der Waals surface area contributed by atoms with Crippen LogP contribution in [0.15, 0.2) is 12.1 Å². The normalized spacial score (nSPS) is 11.9. The summed E-state index contributed by atoms with van der Waals surface area (Å²) in [5, 5.41) is -1.53. The van der Waals surface area contributed by atoms with Crippen LogP contribution >= 0.6 is 11.6 Å². The summed E-state index contributed by atoms with van der Waals surface area (Å²) >= 11 is 4.84. The van der Waals surface area contributed by atoms with Gasteiger partial charge in [0.1, 0.15) is 11.4 Å². The van der Waals surface area contributed by atoms with Crippen molar-refractivity contribution >= 4 is 16.8 Å². The van der Waals surface area contributed by atoms with Crippen LogP contribution in [0.1, 0.15) is 28.2 Å². The number of nitrogens with zero attached hydrogens (tertiary/aromatic N) is 1. The number of carbonyl (C=O) groups excluding carboxylic acids is 1. The Morgan fingerprint density at radius 2 is 1.88 bits per heavy atom. The average Bonchev–Trinajstić information content (AvgIpc) is 2.15. The molecule has 88 valence electrons. The van der Waals surface area contributed by atoms with Crippen molar-refractivity contribution in [3.05, 3.63) is 29.1 Å². The van der Waals surface area contributed by atoms with Gasteiger partial charge in [-0.1, -0.05) is 0 Å². The first-order valence-electron chi connectivity index (χ1n) is 3.79. The maximum absolute atomic E-state index is 12.3. The summed E-state index contributed by atoms with van der Waals surface area (Å²) in [7, 11) is 0. The summed E-state index contributed by atoms with van der Waals surface area (Å²) in [5.74, 6) is 0. The zero-order valence-electron chi connectivity index (χ0n) is 7.36. The van der Waals surface area contributed by atoms with Gasteiger partial charge >= 0.3 is 6.18 Å². The first-order valence-corrected chi connectivity index (χ1v) is 4.17. The molecular weight excluding hydrogens is 257 g/mol. The average molecular weight is 260 g/mol. The number of hydrogen-bond donors (Lipinski definition) is 0. The minimum Gasteiger partial charge on any atom is -0.274 e. The van der Waals surface area contributed by atoms with Crippen LogP contribution in [0, 0.1) is 0 Å². The number of hydrogen-bond acceptors (Lipinski definition) is 2. The van der Waals surface area contributed by atoms with Gasteiger partial charge in [0, 0.05) is 0 Å². The molecule has 1 aromatic rings. The van der Waals surface area contributed by atoms with Crippen LogP contribution in [0.5, 0.6) is 0 Å². The minimum absolute atomic E-state index is 0.351. The van der Waals surface area contributed by atoms with Gasteiger partial charge in [-0.15, -0.1) is 0 Å². The molecule has 0 aliphatic heterocycles. The maximum Gasteiger partial charge on any atom is 0.418 e. The fraction of sp³-hybridized carbons (Fsp3) is 0.250. The highest BCUT2D eigenvalue weighted by Gasteiger charge is 2.36. The molecule has 0 spiro atoms. The lowest BCUT2D eigenvalue weighted by molar-refractivity contribution is -0.138. The summed E-state index contributed by atoms with van der Waals surface area (Å²) in [6.45, 7) is 0. The number of pyridine rings is 1. The van der Waals surface area contributed by atoms with E-state index < -0.39 is 34.8 Å². The molecule has 8 heteroatoms. The Morgan fingerprint density at radius 1 is 1.31 bits per heavy atom. The van der Waals surface area contributed by atoms with E-state index in [0.29, 0.717) is 12.1 Å². The lowest BCUT2D eigenvalue weighted by Crippen LogP contribution is -2.13. The predicted octanol–water partition coefficient (Wildman–Crippen LogP) is 3.42. The monoisotopic (exact) mass is 259 g/mol. The molecule has 0 unspecified atom stereocenters. The van der Waals surface area contributed by atoms with Gasteiger partial charge < -0.3 is 0 Å². The molecule has 0 aromatic carbocycles. The van der Waals surface area contributed by atoms with Crippen molar-refractivity contribution in [2.45, 2.75) is 12.6 Å². The highest BCUT2D eigenvalue weighted by atomic mass is 35.5. The standard InChI is InChI=1S/C8H3ClF5NO/c9-6(16)5-3(8(12,13)14)1-2-4(15-5)7(10)11/h1-2,7H. The predicted molar refractivity (Wildman–Crippen MR) is 44.4 cm³/mol. The van der Waals surface area contributed by atoms with Crippen molar-refractivity contribution in [2.24, 2.45) is 0 Å². The van der Waals surface area contributed by atoms with Gasteiger partial charge in [0.05, 0.1) is 5.56 Å². The van der Waals surface area contributed by atoms with E-state index in [1.54, 1.807) is 0 Å². The Kier molecular flexibility index (Phi) is 3.47. The summed E-state index contributed by atoms with van der Waals surface area (Å²) in [4.78, 5) is 13.5. The summed E-state index contributed by atoms with van der Waals surface area (Å²) in [5.41, 5.74) is -3.58. The topological polar surface area (TPSA) is 30.0 Å². The van der Waals surface area contributed by atoms with E-state index in [9.17, 15) is 26.7 Å². The van der Waals surface area contributed by atoms with Gasteiger partial charge in [-0.05, 0) is 23.7 Å². The molecule has 0 amide bonds. The van der Waals surface area contributed by atoms with Gasteiger partial charge in [0.2, 0.25) is 0 Å². The van der Waals surface area contributed by atoms with Crippen LogP contribution in [-0.2, 0) is 6.18 Å². The quantitative estimate of drug-likeness (QED) is 0.602. The number of alkyl halides is 5. The Bertz CT molecular complexity index is 417. The third-order valence-corrected chi connectivity index (χ3v) is 1.81. The van der Waals surface area contributed by atoms with Crippen molar-refractivity contribution in [3.63, 3.8) is 0 Å². The molecule has 16 heavy (non-hydrogen) atoms. The fourth-order valence-electron chi connectivity index (χ4n) is 0.974. The van der Waals surface area contributed by atoms with E-state index in [2.05, 4.69) is 4.98 Å². The van der Waals surface area contributed by atoms with Gasteiger partial charge in [0.25, 0.3) is 11.7 Å². The number of halogens is 6. The lowest BCUT2D eigenvalue weighted by atomic mass is 10.1. The molecule has 0 aliphatic carbocycles. The summed E-state index contributed by atoms with van der Waals surface area (Å²) in [6, 6.07) is 0.848. The Labute approximate surface area is 91.0 Å². The molecule has 2 nitrogen and oxygen atoms in total. The van der Waals surface area contributed by atoms with Crippen LogP contribution < -0.4 is 0 Å². The molecule has 0 N–H and O–H groups in total. The Hall–Kier alpha value is -1.24. The maximum atomic E-state index is 12.3. The van der Waals surface area contributed by atoms with E-state index in [1.807, 2.05) is 0 Å². The molecule has 0 bridgehead atoms. The minimum atomic E-state index is -4.87. The van der Waals surface area contributed by atoms with Crippen LogP contribution in [0.2, 0.25) is 0 Å². The third kappa shape index (κ3) is 2.66. The Balaban J connectivity index is 3.37. The highest BCUT2D eigenvalue weighted by molar-refractivity contribution is 6.67. The molecular formula is C8H3ClF5NO. The van der Waals surface area contributed by atoms with Gasteiger partial charge in [0.15, 0.2) is 0 Å². The van der Waals surface area contributed by atoms with Crippen LogP contribution in [0.3, 0.4) is 0 Å². The SMILES string of the molecule is O=C(Cl)c1nc(C(F)F)ccc1C(F)(F)F. The van der Waals surface area contributed by atoms with Crippen molar-refractivity contribution in [3.8, 4) is 0 Å². The van der Waals surface area contributed by atoms with Crippen LogP contribution in [0.4, 0.5) is 22.0 Å². The van der Waals surface area contributed by atoms with E-state index in [4.69, 9.17) is 11.6 Å². The van der Waals surface area contributed by atoms with Gasteiger partial charge in [-0.3, -0.25) is 4.79 Å². The zero-order chi connectivity index (χ0) is 12.5. The van der Waals surface area contributed by atoms with Gasteiger partial charge in [-0.2, -0.15) is 13.2 Å². The summed E-state index contributed by atoms with van der Waals surface area (Å²) < 4.78 is 61.2. The smallest absolute Gasteiger partial charge is 0.274 e. The Morgan fingerprint density at radius 3 is 2.25 bits per heavy atom. The number of rotatable bonds is 2. The van der Waals surface area contributed by atoms with Crippen molar-refractivity contribution in [1.29, 1.82) is 0 Å². The first kappa shape index (κ1) is 12.8. The second kappa shape index (κ2) is 4.32. The molecule has 1 rings (SSSR count). The molecule has 1 aromatic heterocycles. The lowest BCUT2D eigenvalue weighted by Gasteiger charge is -2.10. The van der Waals surface area contributed by atoms with Crippen molar-refractivity contribution in [1.82, 2.24) is 4.98 Å². The molecule has 0 atom stereocenters. The largest absolute Gasteiger partial charge is 0.418 e. The van der Waals surface area contributed by atoms with Crippen molar-refractivity contribution in [2.75, 3.05) is 0 Å². The molecule has 0 fully saturated rings. The van der Waals surface area contributed by atoms with E-state index in [0.717, 1.165) is 0 Å². The van der Waals surface area contributed by atoms with E-state index >= 15 is 0 Å². The molecule has 0 aliphatic rings. The van der Waals surface area contributed by atoms with Crippen molar-refractivity contribution < 1.29 is 26.7 Å². The molecule has 1 heterocycles. The van der Waals surface area contributed by atoms with Crippen LogP contribution in [0.25, 0.3) is 0 Å². The third-order valence-electron chi connectivity index (χ3n) is 1.63. The molecule has 0 saturated heterocycles. The zero-order valence-corrected chi connectivity index (χ0v) is 8.11. The second-order valence-electron chi connectivity index (χ2n) is 2.70. The van der Waals surface area contributed by atoms with E-state index in [1.165, 1.54) is 0 Å². The molecule has 0 saturated carbocycles. The number of aromatic nitrogens is 1. The fourth-order valence-corrected chi connectivity index (χ4v) is 1.12. The summed E-state index contributed by atoms with van der Waals surface area (Å²) in [6.07, 6.45) is -7.94.